The fourth-order valence-corrected chi connectivity index (χ4v) is 3.62. The molecule has 1 aromatic heterocycles. The minimum atomic E-state index is -2.65. The van der Waals surface area contributed by atoms with E-state index < -0.39 is 5.92 Å². The lowest BCUT2D eigenvalue weighted by Gasteiger charge is -2.35. The average molecular weight is 432 g/mol. The van der Waals surface area contributed by atoms with Gasteiger partial charge in [-0.25, -0.2) is 13.8 Å². The summed E-state index contributed by atoms with van der Waals surface area (Å²) in [6.45, 7) is 4.24. The van der Waals surface area contributed by atoms with Crippen molar-refractivity contribution in [1.29, 1.82) is 0 Å². The van der Waals surface area contributed by atoms with Gasteiger partial charge in [-0.1, -0.05) is 13.8 Å². The van der Waals surface area contributed by atoms with E-state index in [0.29, 0.717) is 18.3 Å². The first-order valence-corrected chi connectivity index (χ1v) is 8.72. The molecule has 0 spiro atoms. The molecule has 3 heterocycles. The zero-order valence-corrected chi connectivity index (χ0v) is 15.2. The van der Waals surface area contributed by atoms with E-state index in [1.165, 1.54) is 0 Å². The van der Waals surface area contributed by atoms with Crippen LogP contribution in [0.2, 0.25) is 0 Å². The Morgan fingerprint density at radius 2 is 2.17 bits per heavy atom. The highest BCUT2D eigenvalue weighted by atomic mass is 127. The molecule has 1 atom stereocenters. The van der Waals surface area contributed by atoms with Gasteiger partial charge < -0.3 is 9.80 Å². The molecule has 1 fully saturated rings. The van der Waals surface area contributed by atoms with Crippen molar-refractivity contribution in [3.63, 3.8) is 0 Å². The molecule has 0 aromatic carbocycles. The van der Waals surface area contributed by atoms with Gasteiger partial charge >= 0.3 is 0 Å². The van der Waals surface area contributed by atoms with Crippen molar-refractivity contribution >= 4 is 40.3 Å². The third-order valence-corrected chi connectivity index (χ3v) is 4.91. The summed E-state index contributed by atoms with van der Waals surface area (Å²) >= 11 is 2.24. The Kier molecular flexibility index (Phi) is 4.57. The van der Waals surface area contributed by atoms with E-state index in [1.54, 1.807) is 17.3 Å². The predicted molar refractivity (Wildman–Crippen MR) is 97.5 cm³/mol. The zero-order chi connectivity index (χ0) is 16.6. The molecule has 1 saturated heterocycles. The number of alkyl halides is 2. The third-order valence-electron chi connectivity index (χ3n) is 4.04. The second kappa shape index (κ2) is 6.33. The van der Waals surface area contributed by atoms with Crippen molar-refractivity contribution in [3.8, 4) is 0 Å². The highest BCUT2D eigenvalue weighted by Crippen LogP contribution is 2.39. The number of pyridine rings is 1. The number of halogens is 3. The molecule has 124 valence electrons. The highest BCUT2D eigenvalue weighted by molar-refractivity contribution is 14.1. The molecule has 3 rings (SSSR count). The monoisotopic (exact) mass is 432 g/mol. The maximum absolute atomic E-state index is 13.6. The van der Waals surface area contributed by atoms with Crippen LogP contribution in [0.15, 0.2) is 29.5 Å². The normalized spacial score (nSPS) is 23.1. The first-order valence-electron chi connectivity index (χ1n) is 7.65. The summed E-state index contributed by atoms with van der Waals surface area (Å²) < 4.78 is 28.3. The van der Waals surface area contributed by atoms with Crippen LogP contribution in [-0.2, 0) is 0 Å². The molecule has 2 aliphatic heterocycles. The number of hydrogen-bond acceptors (Lipinski definition) is 4. The van der Waals surface area contributed by atoms with E-state index in [9.17, 15) is 8.78 Å². The Balaban J connectivity index is 2.02. The number of allylic oxidation sites excluding steroid dienone is 1. The van der Waals surface area contributed by atoms with E-state index in [2.05, 4.69) is 46.4 Å². The lowest BCUT2D eigenvalue weighted by atomic mass is 10.1. The summed E-state index contributed by atoms with van der Waals surface area (Å²) in [6, 6.07) is 1.90. The molecule has 23 heavy (non-hydrogen) atoms. The summed E-state index contributed by atoms with van der Waals surface area (Å²) in [7, 11) is 0. The molecule has 1 unspecified atom stereocenters. The van der Waals surface area contributed by atoms with Gasteiger partial charge in [0.25, 0.3) is 5.92 Å². The Morgan fingerprint density at radius 3 is 2.83 bits per heavy atom. The number of hydrogen-bond donors (Lipinski definition) is 0. The Hall–Kier alpha value is -1.25. The van der Waals surface area contributed by atoms with Gasteiger partial charge in [0.1, 0.15) is 6.17 Å². The first kappa shape index (κ1) is 16.6. The van der Waals surface area contributed by atoms with Gasteiger partial charge in [-0.2, -0.15) is 0 Å². The minimum Gasteiger partial charge on any atom is -0.349 e. The smallest absolute Gasteiger partial charge is 0.266 e. The van der Waals surface area contributed by atoms with E-state index in [-0.39, 0.29) is 19.1 Å². The SMILES string of the molecule is CC(C)C1N=CC=CN1c1c(I)ccnc1N1CCC(F)(F)C1. The molecular formula is C16H19F2IN4. The highest BCUT2D eigenvalue weighted by Gasteiger charge is 2.40. The van der Waals surface area contributed by atoms with Gasteiger partial charge in [0.05, 0.1) is 12.2 Å². The van der Waals surface area contributed by atoms with Crippen molar-refractivity contribution in [2.75, 3.05) is 22.9 Å². The second-order valence-corrected chi connectivity index (χ2v) is 7.36. The summed E-state index contributed by atoms with van der Waals surface area (Å²) in [5.41, 5.74) is 0.859. The fraction of sp³-hybridized carbons (Fsp3) is 0.500. The van der Waals surface area contributed by atoms with Crippen molar-refractivity contribution in [1.82, 2.24) is 4.98 Å². The van der Waals surface area contributed by atoms with Crippen LogP contribution < -0.4 is 9.80 Å². The molecule has 0 N–H and O–H groups in total. The number of aromatic nitrogens is 1. The molecule has 0 bridgehead atoms. The molecule has 0 aliphatic carbocycles. The van der Waals surface area contributed by atoms with Gasteiger partial charge in [-0.15, -0.1) is 0 Å². The van der Waals surface area contributed by atoms with Gasteiger partial charge in [0, 0.05) is 35.1 Å². The molecular weight excluding hydrogens is 413 g/mol. The lowest BCUT2D eigenvalue weighted by Crippen LogP contribution is -2.37. The molecule has 7 heteroatoms. The number of nitrogens with zero attached hydrogens (tertiary/aromatic N) is 4. The fourth-order valence-electron chi connectivity index (χ4n) is 2.94. The van der Waals surface area contributed by atoms with Crippen molar-refractivity contribution in [2.45, 2.75) is 32.4 Å². The van der Waals surface area contributed by atoms with Crippen LogP contribution in [0.5, 0.6) is 0 Å². The van der Waals surface area contributed by atoms with Gasteiger partial charge in [0.2, 0.25) is 0 Å². The van der Waals surface area contributed by atoms with Crippen molar-refractivity contribution in [2.24, 2.45) is 10.9 Å². The van der Waals surface area contributed by atoms with E-state index >= 15 is 0 Å². The number of rotatable bonds is 3. The maximum Gasteiger partial charge on any atom is 0.266 e. The van der Waals surface area contributed by atoms with Gasteiger partial charge in [-0.05, 0) is 40.7 Å². The minimum absolute atomic E-state index is 0.0559. The second-order valence-electron chi connectivity index (χ2n) is 6.20. The lowest BCUT2D eigenvalue weighted by molar-refractivity contribution is 0.0257. The van der Waals surface area contributed by atoms with Gasteiger partial charge in [-0.3, -0.25) is 4.99 Å². The first-order chi connectivity index (χ1) is 10.9. The third kappa shape index (κ3) is 3.34. The molecule has 4 nitrogen and oxygen atoms in total. The van der Waals surface area contributed by atoms with Crippen molar-refractivity contribution < 1.29 is 8.78 Å². The largest absolute Gasteiger partial charge is 0.349 e. The van der Waals surface area contributed by atoms with Crippen LogP contribution in [-0.4, -0.2) is 36.4 Å². The summed E-state index contributed by atoms with van der Waals surface area (Å²) in [4.78, 5) is 12.7. The van der Waals surface area contributed by atoms with E-state index in [0.717, 1.165) is 9.26 Å². The summed E-state index contributed by atoms with van der Waals surface area (Å²) in [6.07, 6.45) is 7.10. The topological polar surface area (TPSA) is 31.7 Å². The van der Waals surface area contributed by atoms with E-state index in [4.69, 9.17) is 0 Å². The molecule has 0 amide bonds. The Morgan fingerprint density at radius 1 is 1.39 bits per heavy atom. The van der Waals surface area contributed by atoms with Gasteiger partial charge in [0.15, 0.2) is 5.82 Å². The van der Waals surface area contributed by atoms with Crippen LogP contribution in [0.3, 0.4) is 0 Å². The Labute approximate surface area is 148 Å². The standard InChI is InChI=1S/C16H19F2IN4/c1-11(2)14-20-6-3-8-23(14)13-12(19)4-7-21-15(13)22-9-5-16(17,18)10-22/h3-4,6-8,11,14H,5,9-10H2,1-2H3. The molecule has 1 aromatic rings. The van der Waals surface area contributed by atoms with E-state index in [1.807, 2.05) is 23.2 Å². The summed E-state index contributed by atoms with van der Waals surface area (Å²) in [5.74, 6) is -1.74. The molecule has 0 saturated carbocycles. The Bertz CT molecular complexity index is 645. The number of anilines is 2. The predicted octanol–water partition coefficient (Wildman–Crippen LogP) is 3.92. The van der Waals surface area contributed by atoms with Crippen LogP contribution in [0.1, 0.15) is 20.3 Å². The van der Waals surface area contributed by atoms with Crippen LogP contribution in [0.25, 0.3) is 0 Å². The number of aliphatic imine (C=N–C) groups is 1. The molecule has 0 radical (unpaired) electrons. The molecule has 2 aliphatic rings. The zero-order valence-electron chi connectivity index (χ0n) is 13.1. The van der Waals surface area contributed by atoms with Crippen LogP contribution >= 0.6 is 22.6 Å². The average Bonchev–Trinajstić information content (AvgIpc) is 2.87. The van der Waals surface area contributed by atoms with Crippen LogP contribution in [0.4, 0.5) is 20.3 Å². The van der Waals surface area contributed by atoms with Crippen LogP contribution in [0, 0.1) is 9.49 Å². The maximum atomic E-state index is 13.6. The van der Waals surface area contributed by atoms with Crippen molar-refractivity contribution in [3.05, 3.63) is 28.1 Å². The quantitative estimate of drug-likeness (QED) is 0.679. The summed E-state index contributed by atoms with van der Waals surface area (Å²) in [5, 5.41) is 0.